The number of carbonyl (C=O) groups excluding carboxylic acids is 1. The Morgan fingerprint density at radius 1 is 1.37 bits per heavy atom. The molecule has 0 fully saturated rings. The van der Waals surface area contributed by atoms with Gasteiger partial charge < -0.3 is 14.0 Å². The van der Waals surface area contributed by atoms with Gasteiger partial charge in [-0.1, -0.05) is 12.1 Å². The summed E-state index contributed by atoms with van der Waals surface area (Å²) in [5.41, 5.74) is 0.510. The van der Waals surface area contributed by atoms with E-state index in [0.717, 1.165) is 6.29 Å². The van der Waals surface area contributed by atoms with Crippen LogP contribution in [0.3, 0.4) is 0 Å². The van der Waals surface area contributed by atoms with Gasteiger partial charge in [0.05, 0.1) is 7.11 Å². The number of aromatic nitrogens is 2. The van der Waals surface area contributed by atoms with Gasteiger partial charge in [-0.3, -0.25) is 4.79 Å². The molecule has 6 nitrogen and oxygen atoms in total. The van der Waals surface area contributed by atoms with Crippen LogP contribution in [-0.4, -0.2) is 23.5 Å². The zero-order chi connectivity index (χ0) is 13.7. The highest BCUT2D eigenvalue weighted by atomic mass is 16.5. The van der Waals surface area contributed by atoms with Gasteiger partial charge in [0, 0.05) is 12.0 Å². The van der Waals surface area contributed by atoms with E-state index in [4.69, 9.17) is 14.0 Å². The zero-order valence-corrected chi connectivity index (χ0v) is 10.8. The van der Waals surface area contributed by atoms with Gasteiger partial charge in [0.15, 0.2) is 23.9 Å². The van der Waals surface area contributed by atoms with Crippen molar-refractivity contribution in [1.29, 1.82) is 0 Å². The van der Waals surface area contributed by atoms with Crippen molar-refractivity contribution in [1.82, 2.24) is 10.1 Å². The maximum absolute atomic E-state index is 10.7. The van der Waals surface area contributed by atoms with Crippen LogP contribution in [0.15, 0.2) is 22.7 Å². The Bertz CT molecular complexity index is 566. The second kappa shape index (κ2) is 5.99. The number of aryl methyl sites for hydroxylation is 1. The number of ether oxygens (including phenoxy) is 2. The largest absolute Gasteiger partial charge is 0.493 e. The molecule has 19 heavy (non-hydrogen) atoms. The summed E-state index contributed by atoms with van der Waals surface area (Å²) in [4.78, 5) is 14.9. The highest BCUT2D eigenvalue weighted by molar-refractivity contribution is 5.76. The molecular formula is C13H14N2O4. The van der Waals surface area contributed by atoms with Crippen LogP contribution in [0.1, 0.15) is 29.0 Å². The summed E-state index contributed by atoms with van der Waals surface area (Å²) in [7, 11) is 1.53. The van der Waals surface area contributed by atoms with Crippen LogP contribution in [0.2, 0.25) is 0 Å². The van der Waals surface area contributed by atoms with Crippen LogP contribution in [0, 0.1) is 0 Å². The summed E-state index contributed by atoms with van der Waals surface area (Å²) in [6.45, 7) is 2.07. The molecule has 0 saturated carbocycles. The summed E-state index contributed by atoms with van der Waals surface area (Å²) < 4.78 is 15.7. The second-order valence-electron chi connectivity index (χ2n) is 3.77. The molecule has 6 heteroatoms. The molecule has 0 atom stereocenters. The number of carbonyl (C=O) groups is 1. The molecule has 1 aromatic carbocycles. The number of hydrogen-bond donors (Lipinski definition) is 0. The molecule has 100 valence electrons. The molecule has 0 aliphatic rings. The summed E-state index contributed by atoms with van der Waals surface area (Å²) in [5.74, 6) is 2.02. The molecule has 1 heterocycles. The van der Waals surface area contributed by atoms with E-state index in [2.05, 4.69) is 10.1 Å². The Hall–Kier alpha value is -2.37. The molecule has 0 spiro atoms. The third-order valence-corrected chi connectivity index (χ3v) is 2.50. The first-order valence-electron chi connectivity index (χ1n) is 5.84. The first kappa shape index (κ1) is 13.1. The number of rotatable bonds is 6. The monoisotopic (exact) mass is 262 g/mol. The van der Waals surface area contributed by atoms with E-state index in [1.54, 1.807) is 18.2 Å². The Balaban J connectivity index is 2.11. The molecule has 0 amide bonds. The zero-order valence-electron chi connectivity index (χ0n) is 10.8. The van der Waals surface area contributed by atoms with Crippen molar-refractivity contribution in [3.05, 3.63) is 35.5 Å². The molecule has 1 aromatic heterocycles. The van der Waals surface area contributed by atoms with Gasteiger partial charge in [-0.05, 0) is 18.2 Å². The maximum atomic E-state index is 10.7. The third kappa shape index (κ3) is 3.09. The predicted octanol–water partition coefficient (Wildman–Crippen LogP) is 2.03. The van der Waals surface area contributed by atoms with E-state index in [0.29, 0.717) is 35.2 Å². The topological polar surface area (TPSA) is 74.5 Å². The van der Waals surface area contributed by atoms with Gasteiger partial charge in [0.1, 0.15) is 6.29 Å². The van der Waals surface area contributed by atoms with Crippen molar-refractivity contribution in [2.45, 2.75) is 20.0 Å². The number of aldehydes is 1. The number of nitrogens with zero attached hydrogens (tertiary/aromatic N) is 2. The molecule has 0 N–H and O–H groups in total. The summed E-state index contributed by atoms with van der Waals surface area (Å²) >= 11 is 0. The summed E-state index contributed by atoms with van der Waals surface area (Å²) in [6, 6.07) is 4.92. The van der Waals surface area contributed by atoms with E-state index >= 15 is 0 Å². The van der Waals surface area contributed by atoms with Crippen LogP contribution in [-0.2, 0) is 13.0 Å². The molecule has 0 saturated heterocycles. The number of benzene rings is 1. The van der Waals surface area contributed by atoms with Crippen molar-refractivity contribution in [2.75, 3.05) is 7.11 Å². The molecule has 0 aliphatic heterocycles. The first-order valence-corrected chi connectivity index (χ1v) is 5.84. The number of hydrogen-bond acceptors (Lipinski definition) is 6. The van der Waals surface area contributed by atoms with Crippen LogP contribution in [0.5, 0.6) is 11.5 Å². The third-order valence-electron chi connectivity index (χ3n) is 2.50. The average Bonchev–Trinajstić information content (AvgIpc) is 2.92. The fourth-order valence-electron chi connectivity index (χ4n) is 1.51. The lowest BCUT2D eigenvalue weighted by molar-refractivity contribution is 0.112. The van der Waals surface area contributed by atoms with Crippen molar-refractivity contribution < 1.29 is 18.8 Å². The van der Waals surface area contributed by atoms with Crippen LogP contribution < -0.4 is 9.47 Å². The fraction of sp³-hybridized carbons (Fsp3) is 0.308. The van der Waals surface area contributed by atoms with Crippen LogP contribution in [0.25, 0.3) is 0 Å². The highest BCUT2D eigenvalue weighted by Gasteiger charge is 2.09. The number of methoxy groups -OCH3 is 1. The van der Waals surface area contributed by atoms with Crippen molar-refractivity contribution in [3.63, 3.8) is 0 Å². The molecule has 0 unspecified atom stereocenters. The van der Waals surface area contributed by atoms with E-state index in [1.165, 1.54) is 7.11 Å². The minimum absolute atomic E-state index is 0.131. The van der Waals surface area contributed by atoms with Gasteiger partial charge in [0.2, 0.25) is 0 Å². The Morgan fingerprint density at radius 2 is 2.21 bits per heavy atom. The lowest BCUT2D eigenvalue weighted by Crippen LogP contribution is -1.99. The van der Waals surface area contributed by atoms with E-state index in [9.17, 15) is 4.79 Å². The van der Waals surface area contributed by atoms with Gasteiger partial charge in [-0.25, -0.2) is 0 Å². The molecule has 2 rings (SSSR count). The van der Waals surface area contributed by atoms with Crippen LogP contribution >= 0.6 is 0 Å². The van der Waals surface area contributed by atoms with Crippen molar-refractivity contribution >= 4 is 6.29 Å². The smallest absolute Gasteiger partial charge is 0.264 e. The van der Waals surface area contributed by atoms with Gasteiger partial charge in [-0.2, -0.15) is 4.98 Å². The Labute approximate surface area is 110 Å². The second-order valence-corrected chi connectivity index (χ2v) is 3.77. The first-order chi connectivity index (χ1) is 9.26. The quantitative estimate of drug-likeness (QED) is 0.741. The van der Waals surface area contributed by atoms with Crippen molar-refractivity contribution in [2.24, 2.45) is 0 Å². The summed E-state index contributed by atoms with van der Waals surface area (Å²) in [5, 5.41) is 3.77. The SMILES string of the molecule is CCc1noc(COc2cc(C=O)ccc2OC)n1. The van der Waals surface area contributed by atoms with Gasteiger partial charge >= 0.3 is 0 Å². The van der Waals surface area contributed by atoms with E-state index in [1.807, 2.05) is 6.92 Å². The maximum Gasteiger partial charge on any atom is 0.264 e. The predicted molar refractivity (Wildman–Crippen MR) is 66.4 cm³/mol. The lowest BCUT2D eigenvalue weighted by Gasteiger charge is -2.09. The molecule has 0 aliphatic carbocycles. The molecule has 0 radical (unpaired) electrons. The minimum atomic E-state index is 0.131. The summed E-state index contributed by atoms with van der Waals surface area (Å²) in [6.07, 6.45) is 1.45. The molecule has 0 bridgehead atoms. The Morgan fingerprint density at radius 3 is 2.84 bits per heavy atom. The average molecular weight is 262 g/mol. The van der Waals surface area contributed by atoms with E-state index in [-0.39, 0.29) is 6.61 Å². The van der Waals surface area contributed by atoms with E-state index < -0.39 is 0 Å². The van der Waals surface area contributed by atoms with Crippen molar-refractivity contribution in [3.8, 4) is 11.5 Å². The normalized spacial score (nSPS) is 10.2. The lowest BCUT2D eigenvalue weighted by atomic mass is 10.2. The standard InChI is InChI=1S/C13H14N2O4/c1-3-12-14-13(19-15-12)8-18-11-6-9(7-16)4-5-10(11)17-2/h4-7H,3,8H2,1-2H3. The molecular weight excluding hydrogens is 248 g/mol. The molecule has 2 aromatic rings. The fourth-order valence-corrected chi connectivity index (χ4v) is 1.51. The Kier molecular flexibility index (Phi) is 4.12. The van der Waals surface area contributed by atoms with Gasteiger partial charge in [0.25, 0.3) is 5.89 Å². The minimum Gasteiger partial charge on any atom is -0.493 e. The van der Waals surface area contributed by atoms with Crippen LogP contribution in [0.4, 0.5) is 0 Å². The van der Waals surface area contributed by atoms with Gasteiger partial charge in [-0.15, -0.1) is 0 Å². The highest BCUT2D eigenvalue weighted by Crippen LogP contribution is 2.28.